The quantitative estimate of drug-likeness (QED) is 0.586. The predicted octanol–water partition coefficient (Wildman–Crippen LogP) is 0.565. The van der Waals surface area contributed by atoms with E-state index in [2.05, 4.69) is 23.3 Å². The molecule has 0 aromatic carbocycles. The zero-order valence-corrected chi connectivity index (χ0v) is 8.78. The van der Waals surface area contributed by atoms with Crippen molar-refractivity contribution in [1.82, 2.24) is 10.6 Å². The molecule has 0 spiro atoms. The van der Waals surface area contributed by atoms with Crippen molar-refractivity contribution in [2.75, 3.05) is 18.8 Å². The predicted molar refractivity (Wildman–Crippen MR) is 57.1 cm³/mol. The molecule has 1 amide bonds. The number of thiol groups is 1. The largest absolute Gasteiger partial charge is 0.352 e. The molecule has 3 nitrogen and oxygen atoms in total. The van der Waals surface area contributed by atoms with Crippen LogP contribution in [0.25, 0.3) is 0 Å². The summed E-state index contributed by atoms with van der Waals surface area (Å²) in [5.74, 6) is 0.759. The van der Waals surface area contributed by atoms with Gasteiger partial charge in [-0.25, -0.2) is 0 Å². The van der Waals surface area contributed by atoms with E-state index in [0.29, 0.717) is 18.2 Å². The number of rotatable bonds is 3. The second-order valence-electron chi connectivity index (χ2n) is 3.44. The number of amides is 1. The Balaban J connectivity index is 2.21. The first-order valence-corrected chi connectivity index (χ1v) is 5.57. The van der Waals surface area contributed by atoms with Gasteiger partial charge in [0.05, 0.1) is 0 Å². The van der Waals surface area contributed by atoms with Crippen LogP contribution in [0, 0.1) is 0 Å². The molecular weight excluding hydrogens is 184 g/mol. The van der Waals surface area contributed by atoms with Crippen molar-refractivity contribution in [1.29, 1.82) is 0 Å². The number of hydrogen-bond acceptors (Lipinski definition) is 3. The summed E-state index contributed by atoms with van der Waals surface area (Å²) in [4.78, 5) is 11.2. The summed E-state index contributed by atoms with van der Waals surface area (Å²) in [6.07, 6.45) is 4.06. The standard InChI is InChI=1S/C9H18N2OS/c12-9(4-6-13)11-8-3-1-2-5-10-7-8/h8,10,13H,1-7H2,(H,11,12). The van der Waals surface area contributed by atoms with Gasteiger partial charge < -0.3 is 10.6 Å². The maximum atomic E-state index is 11.2. The van der Waals surface area contributed by atoms with Crippen LogP contribution in [0.2, 0.25) is 0 Å². The Labute approximate surface area is 85.1 Å². The van der Waals surface area contributed by atoms with Crippen molar-refractivity contribution in [3.05, 3.63) is 0 Å². The highest BCUT2D eigenvalue weighted by Gasteiger charge is 2.13. The Hall–Kier alpha value is -0.220. The zero-order chi connectivity index (χ0) is 9.52. The highest BCUT2D eigenvalue weighted by atomic mass is 32.1. The van der Waals surface area contributed by atoms with Crippen molar-refractivity contribution >= 4 is 18.5 Å². The van der Waals surface area contributed by atoms with Crippen LogP contribution in [0.5, 0.6) is 0 Å². The third kappa shape index (κ3) is 4.52. The van der Waals surface area contributed by atoms with Gasteiger partial charge in [-0.1, -0.05) is 6.42 Å². The summed E-state index contributed by atoms with van der Waals surface area (Å²) in [5, 5.41) is 6.32. The summed E-state index contributed by atoms with van der Waals surface area (Å²) in [5.41, 5.74) is 0. The number of carbonyl (C=O) groups excluding carboxylic acids is 1. The molecule has 0 radical (unpaired) electrons. The maximum absolute atomic E-state index is 11.2. The van der Waals surface area contributed by atoms with Crippen LogP contribution in [0.15, 0.2) is 0 Å². The van der Waals surface area contributed by atoms with Crippen LogP contribution >= 0.6 is 12.6 Å². The Morgan fingerprint density at radius 1 is 1.54 bits per heavy atom. The fraction of sp³-hybridized carbons (Fsp3) is 0.889. The highest BCUT2D eigenvalue weighted by molar-refractivity contribution is 7.80. The zero-order valence-electron chi connectivity index (χ0n) is 7.88. The normalized spacial score (nSPS) is 23.6. The molecule has 1 saturated heterocycles. The van der Waals surface area contributed by atoms with Crippen molar-refractivity contribution in [3.63, 3.8) is 0 Å². The Bertz CT molecular complexity index is 156. The second-order valence-corrected chi connectivity index (χ2v) is 3.89. The van der Waals surface area contributed by atoms with Crippen LogP contribution in [0.1, 0.15) is 25.7 Å². The van der Waals surface area contributed by atoms with E-state index in [0.717, 1.165) is 19.5 Å². The molecule has 0 saturated carbocycles. The van der Waals surface area contributed by atoms with Crippen molar-refractivity contribution in [3.8, 4) is 0 Å². The van der Waals surface area contributed by atoms with E-state index in [-0.39, 0.29) is 5.91 Å². The topological polar surface area (TPSA) is 41.1 Å². The van der Waals surface area contributed by atoms with E-state index >= 15 is 0 Å². The average molecular weight is 202 g/mol. The van der Waals surface area contributed by atoms with Gasteiger partial charge in [0, 0.05) is 19.0 Å². The fourth-order valence-electron chi connectivity index (χ4n) is 1.54. The Morgan fingerprint density at radius 3 is 3.15 bits per heavy atom. The van der Waals surface area contributed by atoms with Gasteiger partial charge in [-0.3, -0.25) is 4.79 Å². The summed E-state index contributed by atoms with van der Waals surface area (Å²) in [6, 6.07) is 0.329. The fourth-order valence-corrected chi connectivity index (χ4v) is 1.75. The van der Waals surface area contributed by atoms with Crippen molar-refractivity contribution < 1.29 is 4.79 Å². The molecule has 0 aromatic rings. The molecule has 1 aliphatic rings. The minimum Gasteiger partial charge on any atom is -0.352 e. The minimum absolute atomic E-state index is 0.128. The lowest BCUT2D eigenvalue weighted by atomic mass is 10.1. The van der Waals surface area contributed by atoms with Gasteiger partial charge in [0.15, 0.2) is 0 Å². The number of carbonyl (C=O) groups is 1. The van der Waals surface area contributed by atoms with Gasteiger partial charge in [0.1, 0.15) is 0 Å². The molecule has 0 aromatic heterocycles. The molecule has 1 heterocycles. The summed E-state index contributed by atoms with van der Waals surface area (Å²) in [6.45, 7) is 2.00. The molecule has 13 heavy (non-hydrogen) atoms. The molecule has 4 heteroatoms. The summed E-state index contributed by atoms with van der Waals surface area (Å²) in [7, 11) is 0. The van der Waals surface area contributed by atoms with Crippen LogP contribution < -0.4 is 10.6 Å². The van der Waals surface area contributed by atoms with Crippen molar-refractivity contribution in [2.24, 2.45) is 0 Å². The van der Waals surface area contributed by atoms with Crippen LogP contribution in [-0.2, 0) is 4.79 Å². The first-order valence-electron chi connectivity index (χ1n) is 4.94. The lowest BCUT2D eigenvalue weighted by molar-refractivity contribution is -0.121. The summed E-state index contributed by atoms with van der Waals surface area (Å²) < 4.78 is 0. The smallest absolute Gasteiger partial charge is 0.221 e. The van der Waals surface area contributed by atoms with Crippen LogP contribution in [0.3, 0.4) is 0 Å². The third-order valence-corrected chi connectivity index (χ3v) is 2.47. The summed E-state index contributed by atoms with van der Waals surface area (Å²) >= 11 is 4.02. The first-order chi connectivity index (χ1) is 6.33. The Kier molecular flexibility index (Phi) is 5.23. The molecule has 1 rings (SSSR count). The molecular formula is C9H18N2OS. The van der Waals surface area contributed by atoms with Crippen LogP contribution in [-0.4, -0.2) is 30.8 Å². The van der Waals surface area contributed by atoms with Gasteiger partial charge in [0.25, 0.3) is 0 Å². The van der Waals surface area contributed by atoms with E-state index in [9.17, 15) is 4.79 Å². The molecule has 0 bridgehead atoms. The van der Waals surface area contributed by atoms with Crippen LogP contribution in [0.4, 0.5) is 0 Å². The lowest BCUT2D eigenvalue weighted by Crippen LogP contribution is -2.40. The highest BCUT2D eigenvalue weighted by Crippen LogP contribution is 2.04. The monoisotopic (exact) mass is 202 g/mol. The van der Waals surface area contributed by atoms with Crippen molar-refractivity contribution in [2.45, 2.75) is 31.7 Å². The van der Waals surface area contributed by atoms with Gasteiger partial charge in [0.2, 0.25) is 5.91 Å². The molecule has 76 valence electrons. The number of hydrogen-bond donors (Lipinski definition) is 3. The van der Waals surface area contributed by atoms with Gasteiger partial charge >= 0.3 is 0 Å². The molecule has 1 atom stereocenters. The van der Waals surface area contributed by atoms with E-state index in [4.69, 9.17) is 0 Å². The third-order valence-electron chi connectivity index (χ3n) is 2.25. The minimum atomic E-state index is 0.128. The average Bonchev–Trinajstić information content (AvgIpc) is 2.33. The molecule has 2 N–H and O–H groups in total. The molecule has 1 unspecified atom stereocenters. The van der Waals surface area contributed by atoms with Gasteiger partial charge in [-0.2, -0.15) is 12.6 Å². The van der Waals surface area contributed by atoms with E-state index in [1.807, 2.05) is 0 Å². The lowest BCUT2D eigenvalue weighted by Gasteiger charge is -2.15. The first kappa shape index (κ1) is 10.9. The number of nitrogens with one attached hydrogen (secondary N) is 2. The molecule has 0 aliphatic carbocycles. The van der Waals surface area contributed by atoms with E-state index in [1.165, 1.54) is 12.8 Å². The van der Waals surface area contributed by atoms with Gasteiger partial charge in [-0.15, -0.1) is 0 Å². The van der Waals surface area contributed by atoms with E-state index < -0.39 is 0 Å². The SMILES string of the molecule is O=C(CCS)NC1CCCCNC1. The molecule has 1 fully saturated rings. The molecule has 1 aliphatic heterocycles. The van der Waals surface area contributed by atoms with E-state index in [1.54, 1.807) is 0 Å². The van der Waals surface area contributed by atoms with Gasteiger partial charge in [-0.05, 0) is 25.1 Å². The second kappa shape index (κ2) is 6.27. The Morgan fingerprint density at radius 2 is 2.38 bits per heavy atom. The maximum Gasteiger partial charge on any atom is 0.221 e.